The molecule has 4 rings (SSSR count). The van der Waals surface area contributed by atoms with Crippen LogP contribution in [0.3, 0.4) is 0 Å². The minimum absolute atomic E-state index is 0.0592. The fraction of sp³-hybridized carbons (Fsp3) is 0.263. The summed E-state index contributed by atoms with van der Waals surface area (Å²) in [5.74, 6) is -0.0854. The zero-order chi connectivity index (χ0) is 16.7. The minimum atomic E-state index is -0.0885. The van der Waals surface area contributed by atoms with Gasteiger partial charge in [0.1, 0.15) is 5.69 Å². The summed E-state index contributed by atoms with van der Waals surface area (Å²) in [7, 11) is 1.91. The predicted octanol–water partition coefficient (Wildman–Crippen LogP) is 2.67. The van der Waals surface area contributed by atoms with E-state index in [4.69, 9.17) is 0 Å². The predicted molar refractivity (Wildman–Crippen MR) is 93.1 cm³/mol. The Kier molecular flexibility index (Phi) is 3.49. The van der Waals surface area contributed by atoms with Crippen molar-refractivity contribution in [1.29, 1.82) is 0 Å². The molecule has 0 bridgehead atoms. The van der Waals surface area contributed by atoms with E-state index >= 15 is 0 Å². The van der Waals surface area contributed by atoms with E-state index in [1.54, 1.807) is 0 Å². The van der Waals surface area contributed by atoms with Gasteiger partial charge in [0.05, 0.1) is 6.04 Å². The van der Waals surface area contributed by atoms with Gasteiger partial charge < -0.3 is 14.9 Å². The highest BCUT2D eigenvalue weighted by atomic mass is 16.2. The van der Waals surface area contributed by atoms with Crippen molar-refractivity contribution in [2.75, 3.05) is 0 Å². The molecule has 0 aliphatic heterocycles. The first kappa shape index (κ1) is 14.8. The summed E-state index contributed by atoms with van der Waals surface area (Å²) in [6.07, 6.45) is 2.69. The summed E-state index contributed by atoms with van der Waals surface area (Å²) in [6, 6.07) is 13.2. The lowest BCUT2D eigenvalue weighted by molar-refractivity contribution is 0.0924. The van der Waals surface area contributed by atoms with Gasteiger partial charge in [-0.1, -0.05) is 18.2 Å². The Hall–Kier alpha value is -2.82. The van der Waals surface area contributed by atoms with Crippen LogP contribution in [0.5, 0.6) is 0 Å². The zero-order valence-corrected chi connectivity index (χ0v) is 13.5. The second kappa shape index (κ2) is 5.67. The van der Waals surface area contributed by atoms with Crippen molar-refractivity contribution in [3.05, 3.63) is 69.8 Å². The first-order valence-corrected chi connectivity index (χ1v) is 8.21. The van der Waals surface area contributed by atoms with Crippen molar-refractivity contribution in [2.24, 2.45) is 7.05 Å². The average Bonchev–Trinajstić information content (AvgIpc) is 2.92. The third-order valence-electron chi connectivity index (χ3n) is 4.82. The van der Waals surface area contributed by atoms with Gasteiger partial charge in [-0.25, -0.2) is 0 Å². The molecular weight excluding hydrogens is 302 g/mol. The van der Waals surface area contributed by atoms with Crippen LogP contribution in [0.2, 0.25) is 0 Å². The van der Waals surface area contributed by atoms with Crippen LogP contribution < -0.4 is 10.9 Å². The topological polar surface area (TPSA) is 66.9 Å². The van der Waals surface area contributed by atoms with Gasteiger partial charge in [0.2, 0.25) is 5.56 Å². The van der Waals surface area contributed by atoms with Gasteiger partial charge in [0, 0.05) is 29.7 Å². The Labute approximate surface area is 139 Å². The SMILES string of the molecule is Cn1c(C(=O)NC2CCCc3[nH]c(=O)ccc32)cc2ccccc21. The average molecular weight is 321 g/mol. The van der Waals surface area contributed by atoms with E-state index in [0.717, 1.165) is 41.4 Å². The number of nitrogens with zero attached hydrogens (tertiary/aromatic N) is 1. The van der Waals surface area contributed by atoms with Gasteiger partial charge in [0.25, 0.3) is 5.91 Å². The number of fused-ring (bicyclic) bond motifs is 2. The number of benzene rings is 1. The molecule has 3 aromatic rings. The van der Waals surface area contributed by atoms with Crippen LogP contribution in [-0.4, -0.2) is 15.5 Å². The zero-order valence-electron chi connectivity index (χ0n) is 13.5. The van der Waals surface area contributed by atoms with Crippen LogP contribution >= 0.6 is 0 Å². The monoisotopic (exact) mass is 321 g/mol. The number of nitrogens with one attached hydrogen (secondary N) is 2. The number of rotatable bonds is 2. The molecule has 0 saturated carbocycles. The van der Waals surface area contributed by atoms with Gasteiger partial charge in [-0.2, -0.15) is 0 Å². The maximum absolute atomic E-state index is 12.8. The first-order valence-electron chi connectivity index (χ1n) is 8.21. The van der Waals surface area contributed by atoms with Crippen LogP contribution in [-0.2, 0) is 13.5 Å². The summed E-state index contributed by atoms with van der Waals surface area (Å²) in [5, 5.41) is 4.18. The first-order chi connectivity index (χ1) is 11.6. The Balaban J connectivity index is 1.65. The molecule has 0 spiro atoms. The third kappa shape index (κ3) is 2.42. The van der Waals surface area contributed by atoms with E-state index in [2.05, 4.69) is 10.3 Å². The van der Waals surface area contributed by atoms with E-state index in [0.29, 0.717) is 5.69 Å². The largest absolute Gasteiger partial charge is 0.344 e. The molecule has 0 fully saturated rings. The lowest BCUT2D eigenvalue weighted by Gasteiger charge is -2.26. The number of aryl methyl sites for hydroxylation is 2. The molecule has 24 heavy (non-hydrogen) atoms. The van der Waals surface area contributed by atoms with Crippen LogP contribution in [0.4, 0.5) is 0 Å². The smallest absolute Gasteiger partial charge is 0.268 e. The van der Waals surface area contributed by atoms with Crippen molar-refractivity contribution in [1.82, 2.24) is 14.9 Å². The molecule has 0 radical (unpaired) electrons. The molecule has 1 atom stereocenters. The highest BCUT2D eigenvalue weighted by molar-refractivity contribution is 5.98. The highest BCUT2D eigenvalue weighted by Gasteiger charge is 2.24. The number of carbonyl (C=O) groups excluding carboxylic acids is 1. The normalized spacial score (nSPS) is 16.8. The fourth-order valence-corrected chi connectivity index (χ4v) is 3.59. The number of aromatic nitrogens is 2. The van der Waals surface area contributed by atoms with Crippen molar-refractivity contribution in [2.45, 2.75) is 25.3 Å². The second-order valence-corrected chi connectivity index (χ2v) is 6.32. The number of hydrogen-bond donors (Lipinski definition) is 2. The van der Waals surface area contributed by atoms with Crippen LogP contribution in [0, 0.1) is 0 Å². The maximum atomic E-state index is 12.8. The molecule has 122 valence electrons. The van der Waals surface area contributed by atoms with E-state index in [1.165, 1.54) is 6.07 Å². The fourth-order valence-electron chi connectivity index (χ4n) is 3.59. The van der Waals surface area contributed by atoms with Gasteiger partial charge >= 0.3 is 0 Å². The molecule has 1 amide bonds. The highest BCUT2D eigenvalue weighted by Crippen LogP contribution is 2.28. The number of pyridine rings is 1. The quantitative estimate of drug-likeness (QED) is 0.762. The number of para-hydroxylation sites is 1. The molecular formula is C19H19N3O2. The number of hydrogen-bond acceptors (Lipinski definition) is 2. The van der Waals surface area contributed by atoms with E-state index < -0.39 is 0 Å². The lowest BCUT2D eigenvalue weighted by Crippen LogP contribution is -2.33. The summed E-state index contributed by atoms with van der Waals surface area (Å²) in [6.45, 7) is 0. The molecule has 0 saturated heterocycles. The molecule has 1 aromatic carbocycles. The molecule has 5 heteroatoms. The third-order valence-corrected chi connectivity index (χ3v) is 4.82. The minimum Gasteiger partial charge on any atom is -0.344 e. The van der Waals surface area contributed by atoms with Gasteiger partial charge in [-0.3, -0.25) is 9.59 Å². The summed E-state index contributed by atoms with van der Waals surface area (Å²) in [5.41, 5.74) is 3.56. The standard InChI is InChI=1S/C19H19N3O2/c1-22-16-8-3-2-5-12(16)11-17(22)19(24)21-15-7-4-6-14-13(15)9-10-18(23)20-14/h2-3,5,8-11,15H,4,6-7H2,1H3,(H,20,23)(H,21,24). The Morgan fingerprint density at radius 2 is 2.08 bits per heavy atom. The molecule has 2 aromatic heterocycles. The van der Waals surface area contributed by atoms with Crippen molar-refractivity contribution >= 4 is 16.8 Å². The maximum Gasteiger partial charge on any atom is 0.268 e. The Morgan fingerprint density at radius 3 is 2.92 bits per heavy atom. The molecule has 1 unspecified atom stereocenters. The van der Waals surface area contributed by atoms with Crippen LogP contribution in [0.15, 0.2) is 47.3 Å². The lowest BCUT2D eigenvalue weighted by atomic mass is 9.91. The van der Waals surface area contributed by atoms with E-state index in [-0.39, 0.29) is 17.5 Å². The van der Waals surface area contributed by atoms with Crippen LogP contribution in [0.25, 0.3) is 10.9 Å². The molecule has 1 aliphatic rings. The Morgan fingerprint density at radius 1 is 1.25 bits per heavy atom. The number of amides is 1. The van der Waals surface area contributed by atoms with Crippen LogP contribution in [0.1, 0.15) is 40.6 Å². The number of carbonyl (C=O) groups is 1. The summed E-state index contributed by atoms with van der Waals surface area (Å²) < 4.78 is 1.92. The summed E-state index contributed by atoms with van der Waals surface area (Å²) >= 11 is 0. The molecule has 1 aliphatic carbocycles. The van der Waals surface area contributed by atoms with E-state index in [1.807, 2.05) is 48.0 Å². The van der Waals surface area contributed by atoms with Crippen molar-refractivity contribution in [3.63, 3.8) is 0 Å². The summed E-state index contributed by atoms with van der Waals surface area (Å²) in [4.78, 5) is 27.2. The molecule has 5 nitrogen and oxygen atoms in total. The number of aromatic amines is 1. The van der Waals surface area contributed by atoms with Gasteiger partial charge in [-0.15, -0.1) is 0 Å². The van der Waals surface area contributed by atoms with Crippen molar-refractivity contribution < 1.29 is 4.79 Å². The van der Waals surface area contributed by atoms with E-state index in [9.17, 15) is 9.59 Å². The van der Waals surface area contributed by atoms with Crippen molar-refractivity contribution in [3.8, 4) is 0 Å². The van der Waals surface area contributed by atoms with Gasteiger partial charge in [-0.05, 0) is 43.0 Å². The molecule has 2 N–H and O–H groups in total. The molecule has 2 heterocycles. The van der Waals surface area contributed by atoms with Gasteiger partial charge in [0.15, 0.2) is 0 Å². The Bertz CT molecular complexity index is 984. The second-order valence-electron chi connectivity index (χ2n) is 6.32. The number of H-pyrrole nitrogens is 1.